The molecule has 2 aromatic carbocycles. The van der Waals surface area contributed by atoms with E-state index in [1.54, 1.807) is 36.7 Å². The van der Waals surface area contributed by atoms with Crippen molar-refractivity contribution in [1.82, 2.24) is 23.8 Å². The van der Waals surface area contributed by atoms with E-state index in [-0.39, 0.29) is 10.5 Å². The van der Waals surface area contributed by atoms with E-state index in [9.17, 15) is 13.2 Å². The van der Waals surface area contributed by atoms with Gasteiger partial charge in [0.05, 0.1) is 12.1 Å². The van der Waals surface area contributed by atoms with Crippen LogP contribution in [0, 0.1) is 0 Å². The van der Waals surface area contributed by atoms with Gasteiger partial charge in [0.2, 0.25) is 5.95 Å². The summed E-state index contributed by atoms with van der Waals surface area (Å²) in [5, 5.41) is 4.56. The van der Waals surface area contributed by atoms with Gasteiger partial charge in [0.15, 0.2) is 5.65 Å². The predicted octanol–water partition coefficient (Wildman–Crippen LogP) is 3.42. The number of para-hydroxylation sites is 1. The van der Waals surface area contributed by atoms with Crippen LogP contribution in [-0.4, -0.2) is 70.2 Å². The van der Waals surface area contributed by atoms with Crippen molar-refractivity contribution in [3.63, 3.8) is 0 Å². The molecule has 2 aliphatic rings. The van der Waals surface area contributed by atoms with Crippen LogP contribution in [0.25, 0.3) is 21.9 Å². The van der Waals surface area contributed by atoms with Crippen LogP contribution < -0.4 is 10.2 Å². The van der Waals surface area contributed by atoms with E-state index in [1.807, 2.05) is 24.3 Å². The van der Waals surface area contributed by atoms with E-state index in [2.05, 4.69) is 42.2 Å². The Morgan fingerprint density at radius 2 is 1.79 bits per heavy atom. The predicted molar refractivity (Wildman–Crippen MR) is 149 cm³/mol. The number of carbonyl (C=O) groups is 1. The molecule has 2 saturated heterocycles. The number of nitrogens with zero attached hydrogens (tertiary/aromatic N) is 6. The normalized spacial score (nSPS) is 19.2. The molecule has 11 heteroatoms. The number of aldehydes is 1. The topological polar surface area (TPSA) is 113 Å². The fourth-order valence-electron chi connectivity index (χ4n) is 5.79. The fourth-order valence-corrected chi connectivity index (χ4v) is 7.26. The van der Waals surface area contributed by atoms with E-state index >= 15 is 0 Å². The minimum Gasteiger partial charge on any atom is -0.366 e. The SMILES string of the molecule is O=CCN1CC2CC1CN2c1ccc(Nc2ncc3ccn(S(=O)(=O)c4cccc5cccnc45)c3n2)cc1. The summed E-state index contributed by atoms with van der Waals surface area (Å²) in [6, 6.07) is 19.3. The number of nitrogens with one attached hydrogen (secondary N) is 1. The number of carbonyl (C=O) groups excluding carboxylic acids is 1. The molecule has 5 aromatic rings. The van der Waals surface area contributed by atoms with Crippen LogP contribution in [-0.2, 0) is 14.8 Å². The zero-order valence-electron chi connectivity index (χ0n) is 20.9. The van der Waals surface area contributed by atoms with Crippen LogP contribution in [0.5, 0.6) is 0 Å². The van der Waals surface area contributed by atoms with Gasteiger partial charge in [0.1, 0.15) is 11.2 Å². The summed E-state index contributed by atoms with van der Waals surface area (Å²) in [5.41, 5.74) is 2.63. The van der Waals surface area contributed by atoms with Gasteiger partial charge in [-0.2, -0.15) is 4.98 Å². The van der Waals surface area contributed by atoms with E-state index in [0.717, 1.165) is 42.6 Å². The van der Waals surface area contributed by atoms with Crippen molar-refractivity contribution in [3.05, 3.63) is 79.3 Å². The maximum Gasteiger partial charge on any atom is 0.271 e. The van der Waals surface area contributed by atoms with Gasteiger partial charge in [-0.3, -0.25) is 9.88 Å². The molecule has 0 amide bonds. The van der Waals surface area contributed by atoms with Gasteiger partial charge < -0.3 is 15.0 Å². The zero-order chi connectivity index (χ0) is 26.6. The minimum absolute atomic E-state index is 0.117. The number of fused-ring (bicyclic) bond motifs is 4. The lowest BCUT2D eigenvalue weighted by Gasteiger charge is -2.34. The van der Waals surface area contributed by atoms with E-state index in [1.165, 1.54) is 10.2 Å². The standard InChI is InChI=1S/C28H25N7O3S/c36-14-13-33-17-24-15-23(33)18-34(24)22-8-6-21(7-9-22)31-28-30-16-20-10-12-35(27(20)32-28)39(37,38)25-5-1-3-19-4-2-11-29-26(19)25/h1-12,14,16,23-24H,13,15,17-18H2,(H,30,31,32). The largest absolute Gasteiger partial charge is 0.366 e. The van der Waals surface area contributed by atoms with Crippen molar-refractivity contribution in [2.45, 2.75) is 23.4 Å². The number of rotatable bonds is 7. The molecule has 10 nitrogen and oxygen atoms in total. The maximum atomic E-state index is 13.7. The summed E-state index contributed by atoms with van der Waals surface area (Å²) in [7, 11) is -3.96. The Morgan fingerprint density at radius 1 is 0.949 bits per heavy atom. The lowest BCUT2D eigenvalue weighted by molar-refractivity contribution is -0.109. The van der Waals surface area contributed by atoms with E-state index in [4.69, 9.17) is 0 Å². The van der Waals surface area contributed by atoms with Gasteiger partial charge in [-0.05, 0) is 48.9 Å². The molecule has 2 aliphatic heterocycles. The maximum absolute atomic E-state index is 13.7. The molecule has 0 saturated carbocycles. The van der Waals surface area contributed by atoms with Crippen molar-refractivity contribution < 1.29 is 13.2 Å². The van der Waals surface area contributed by atoms with Gasteiger partial charge in [-0.15, -0.1) is 0 Å². The minimum atomic E-state index is -3.96. The number of benzene rings is 2. The number of piperazine rings is 1. The molecule has 196 valence electrons. The highest BCUT2D eigenvalue weighted by atomic mass is 32.2. The van der Waals surface area contributed by atoms with Crippen LogP contribution >= 0.6 is 0 Å². The smallest absolute Gasteiger partial charge is 0.271 e. The van der Waals surface area contributed by atoms with Crippen LogP contribution in [0.2, 0.25) is 0 Å². The highest BCUT2D eigenvalue weighted by Crippen LogP contribution is 2.35. The molecule has 3 aromatic heterocycles. The summed E-state index contributed by atoms with van der Waals surface area (Å²) in [4.78, 5) is 28.9. The molecule has 2 fully saturated rings. The van der Waals surface area contributed by atoms with Gasteiger partial charge in [-0.1, -0.05) is 18.2 Å². The fraction of sp³-hybridized carbons (Fsp3) is 0.214. The Balaban J connectivity index is 1.14. The number of hydrogen-bond donors (Lipinski definition) is 1. The Hall–Kier alpha value is -4.35. The molecule has 5 heterocycles. The van der Waals surface area contributed by atoms with Crippen molar-refractivity contribution >= 4 is 55.6 Å². The summed E-state index contributed by atoms with van der Waals surface area (Å²) in [6.45, 7) is 2.34. The average molecular weight is 540 g/mol. The molecule has 39 heavy (non-hydrogen) atoms. The summed E-state index contributed by atoms with van der Waals surface area (Å²) < 4.78 is 28.5. The van der Waals surface area contributed by atoms with Crippen molar-refractivity contribution in [1.29, 1.82) is 0 Å². The van der Waals surface area contributed by atoms with Gasteiger partial charge in [-0.25, -0.2) is 17.4 Å². The lowest BCUT2D eigenvalue weighted by atomic mass is 10.2. The highest BCUT2D eigenvalue weighted by molar-refractivity contribution is 7.90. The number of anilines is 3. The quantitative estimate of drug-likeness (QED) is 0.311. The Morgan fingerprint density at radius 3 is 2.59 bits per heavy atom. The van der Waals surface area contributed by atoms with E-state index in [0.29, 0.717) is 35.5 Å². The molecule has 1 N–H and O–H groups in total. The third-order valence-electron chi connectivity index (χ3n) is 7.64. The van der Waals surface area contributed by atoms with Crippen LogP contribution in [0.3, 0.4) is 0 Å². The first kappa shape index (κ1) is 23.7. The number of hydrogen-bond acceptors (Lipinski definition) is 9. The molecular weight excluding hydrogens is 514 g/mol. The van der Waals surface area contributed by atoms with Crippen molar-refractivity contribution in [2.75, 3.05) is 29.9 Å². The first-order valence-corrected chi connectivity index (χ1v) is 14.2. The third-order valence-corrected chi connectivity index (χ3v) is 9.34. The second-order valence-electron chi connectivity index (χ2n) is 9.91. The molecule has 0 radical (unpaired) electrons. The number of pyridine rings is 1. The average Bonchev–Trinajstić information content (AvgIpc) is 3.68. The number of aromatic nitrogens is 4. The summed E-state index contributed by atoms with van der Waals surface area (Å²) >= 11 is 0. The van der Waals surface area contributed by atoms with Gasteiger partial charge >= 0.3 is 0 Å². The molecule has 2 bridgehead atoms. The second-order valence-corrected chi connectivity index (χ2v) is 11.7. The monoisotopic (exact) mass is 539 g/mol. The van der Waals surface area contributed by atoms with Crippen molar-refractivity contribution in [3.8, 4) is 0 Å². The first-order valence-electron chi connectivity index (χ1n) is 12.8. The third kappa shape index (κ3) is 4.01. The van der Waals surface area contributed by atoms with Gasteiger partial charge in [0, 0.05) is 65.9 Å². The molecule has 0 aliphatic carbocycles. The first-order chi connectivity index (χ1) is 19.0. The molecule has 0 spiro atoms. The zero-order valence-corrected chi connectivity index (χ0v) is 21.7. The molecule has 2 unspecified atom stereocenters. The Labute approximate surface area is 225 Å². The molecular formula is C28H25N7O3S. The van der Waals surface area contributed by atoms with Crippen LogP contribution in [0.1, 0.15) is 6.42 Å². The molecule has 2 atom stereocenters. The van der Waals surface area contributed by atoms with Crippen LogP contribution in [0.4, 0.5) is 17.3 Å². The van der Waals surface area contributed by atoms with Gasteiger partial charge in [0.25, 0.3) is 10.0 Å². The Bertz CT molecular complexity index is 1820. The number of likely N-dealkylation sites (tertiary alicyclic amines) is 1. The van der Waals surface area contributed by atoms with E-state index < -0.39 is 10.0 Å². The lowest BCUT2D eigenvalue weighted by Crippen LogP contribution is -2.46. The summed E-state index contributed by atoms with van der Waals surface area (Å²) in [6.07, 6.45) is 6.76. The van der Waals surface area contributed by atoms with Crippen molar-refractivity contribution in [2.24, 2.45) is 0 Å². The highest BCUT2D eigenvalue weighted by Gasteiger charge is 2.42. The van der Waals surface area contributed by atoms with Crippen LogP contribution in [0.15, 0.2) is 84.1 Å². The second kappa shape index (κ2) is 9.14. The Kier molecular flexibility index (Phi) is 5.56. The molecule has 7 rings (SSSR count). The summed E-state index contributed by atoms with van der Waals surface area (Å²) in [5.74, 6) is 0.297.